The summed E-state index contributed by atoms with van der Waals surface area (Å²) >= 11 is 0. The molecule has 3 aromatic rings. The first-order valence-corrected chi connectivity index (χ1v) is 13.4. The third-order valence-corrected chi connectivity index (χ3v) is 5.66. The summed E-state index contributed by atoms with van der Waals surface area (Å²) in [5.74, 6) is -5.29. The van der Waals surface area contributed by atoms with Crippen LogP contribution in [0.3, 0.4) is 0 Å². The van der Waals surface area contributed by atoms with Gasteiger partial charge in [0.25, 0.3) is 17.4 Å². The van der Waals surface area contributed by atoms with E-state index < -0.39 is 87.7 Å². The van der Waals surface area contributed by atoms with Gasteiger partial charge in [0.05, 0.1) is 11.3 Å². The number of ketones is 1. The Morgan fingerprint density at radius 3 is 2.20 bits per heavy atom. The Morgan fingerprint density at radius 1 is 1.04 bits per heavy atom. The van der Waals surface area contributed by atoms with Gasteiger partial charge in [0, 0.05) is 12.0 Å². The molecule has 0 saturated carbocycles. The number of pyridine rings is 1. The number of carbonyl (C=O) groups is 2. The molecule has 0 bridgehead atoms. The Balaban J connectivity index is 0.00000345. The fraction of sp³-hybridized carbons (Fsp3) is 0.414. The molecule has 16 heteroatoms. The lowest BCUT2D eigenvalue weighted by Gasteiger charge is -2.27. The van der Waals surface area contributed by atoms with Gasteiger partial charge in [-0.1, -0.05) is 31.6 Å². The molecule has 246 valence electrons. The Kier molecular flexibility index (Phi) is 11.3. The van der Waals surface area contributed by atoms with E-state index in [1.807, 2.05) is 19.2 Å². The number of alkyl halides is 6. The number of halogens is 7. The minimum atomic E-state index is -5.65. The van der Waals surface area contributed by atoms with Crippen LogP contribution in [0.5, 0.6) is 0 Å². The number of amides is 1. The van der Waals surface area contributed by atoms with Gasteiger partial charge in [0.1, 0.15) is 17.1 Å². The molecule has 0 spiro atoms. The maximum atomic E-state index is 14.6. The van der Waals surface area contributed by atoms with E-state index in [9.17, 15) is 45.4 Å². The average molecular weight is 649 g/mol. The van der Waals surface area contributed by atoms with Gasteiger partial charge in [0.2, 0.25) is 0 Å². The number of hydrogen-bond donors (Lipinski definition) is 2. The van der Waals surface area contributed by atoms with Crippen molar-refractivity contribution in [2.75, 3.05) is 5.32 Å². The highest BCUT2D eigenvalue weighted by Gasteiger charge is 2.61. The fourth-order valence-electron chi connectivity index (χ4n) is 3.74. The number of aryl methyl sites for hydroxylation is 1. The summed E-state index contributed by atoms with van der Waals surface area (Å²) in [5.41, 5.74) is -11.0. The number of anilines is 1. The van der Waals surface area contributed by atoms with Gasteiger partial charge in [-0.15, -0.1) is 16.8 Å². The molecule has 0 aliphatic rings. The summed E-state index contributed by atoms with van der Waals surface area (Å²) in [4.78, 5) is 28.8. The topological polar surface area (TPSA) is 127 Å². The SMILES string of the molecule is C=CCCC(=O)c1nc(-c2nnc(C(O)(c3cc(C)ccc3F)C(F)(F)F)o2)c(NC(=O)OC(C)(C)C)cc1C(F)(F)F.CC. The molecular formula is C29H31F7N4O5. The molecule has 0 aliphatic carbocycles. The van der Waals surface area contributed by atoms with E-state index in [0.717, 1.165) is 6.07 Å². The van der Waals surface area contributed by atoms with E-state index in [4.69, 9.17) is 9.15 Å². The highest BCUT2D eigenvalue weighted by molar-refractivity contribution is 5.98. The smallest absolute Gasteiger partial charge is 0.430 e. The number of Topliss-reactive ketones (excluding diaryl/α,β-unsaturated/α-hetero) is 1. The molecule has 1 aromatic carbocycles. The van der Waals surface area contributed by atoms with Crippen LogP contribution in [-0.2, 0) is 16.5 Å². The van der Waals surface area contributed by atoms with E-state index in [2.05, 4.69) is 21.8 Å². The van der Waals surface area contributed by atoms with Crippen LogP contribution in [0.25, 0.3) is 11.6 Å². The van der Waals surface area contributed by atoms with Crippen LogP contribution < -0.4 is 5.32 Å². The molecule has 1 amide bonds. The highest BCUT2D eigenvalue weighted by atomic mass is 19.4. The summed E-state index contributed by atoms with van der Waals surface area (Å²) in [6, 6.07) is 2.79. The van der Waals surface area contributed by atoms with Gasteiger partial charge < -0.3 is 14.3 Å². The molecule has 2 heterocycles. The lowest BCUT2D eigenvalue weighted by atomic mass is 9.91. The molecule has 1 unspecified atom stereocenters. The van der Waals surface area contributed by atoms with Gasteiger partial charge in [0.15, 0.2) is 11.5 Å². The monoisotopic (exact) mass is 648 g/mol. The van der Waals surface area contributed by atoms with Gasteiger partial charge in [-0.05, 0) is 52.3 Å². The second-order valence-electron chi connectivity index (χ2n) is 10.3. The fourth-order valence-corrected chi connectivity index (χ4v) is 3.74. The minimum Gasteiger partial charge on any atom is -0.444 e. The lowest BCUT2D eigenvalue weighted by molar-refractivity contribution is -0.256. The Hall–Kier alpha value is -4.34. The van der Waals surface area contributed by atoms with Crippen molar-refractivity contribution in [3.63, 3.8) is 0 Å². The molecule has 0 saturated heterocycles. The predicted molar refractivity (Wildman–Crippen MR) is 148 cm³/mol. The standard InChI is InChI=1S/C27H25F7N4O5.C2H6/c1-6-7-8-18(39)19-15(26(29,30)31)12-17(35-23(40)43-24(3,4)5)20(36-19)21-37-38-22(42-21)25(41,27(32,33)34)14-11-13(2)9-10-16(14)28;1-2/h6,9-12,41H,1,7-8H2,2-5H3,(H,35,40);1-2H3. The molecule has 1 atom stereocenters. The van der Waals surface area contributed by atoms with E-state index >= 15 is 0 Å². The Morgan fingerprint density at radius 2 is 1.67 bits per heavy atom. The van der Waals surface area contributed by atoms with Gasteiger partial charge in [-0.2, -0.15) is 26.3 Å². The maximum Gasteiger partial charge on any atom is 0.430 e. The number of benzene rings is 1. The number of ether oxygens (including phenoxy) is 1. The first-order valence-electron chi connectivity index (χ1n) is 13.4. The van der Waals surface area contributed by atoms with Crippen LogP contribution in [0.1, 0.15) is 80.5 Å². The normalized spacial score (nSPS) is 13.3. The predicted octanol–water partition coefficient (Wildman–Crippen LogP) is 7.92. The molecule has 3 rings (SSSR count). The first kappa shape index (κ1) is 36.8. The van der Waals surface area contributed by atoms with Gasteiger partial charge >= 0.3 is 18.4 Å². The van der Waals surface area contributed by atoms with Gasteiger partial charge in [-0.3, -0.25) is 10.1 Å². The summed E-state index contributed by atoms with van der Waals surface area (Å²) < 4.78 is 109. The van der Waals surface area contributed by atoms with Crippen LogP contribution in [-0.4, -0.2) is 43.9 Å². The van der Waals surface area contributed by atoms with Crippen molar-refractivity contribution in [1.82, 2.24) is 15.2 Å². The summed E-state index contributed by atoms with van der Waals surface area (Å²) in [6.07, 6.45) is -11.4. The zero-order valence-corrected chi connectivity index (χ0v) is 25.1. The van der Waals surface area contributed by atoms with E-state index in [0.29, 0.717) is 18.2 Å². The van der Waals surface area contributed by atoms with Crippen molar-refractivity contribution in [2.45, 2.75) is 77.9 Å². The third-order valence-electron chi connectivity index (χ3n) is 5.66. The van der Waals surface area contributed by atoms with Crippen LogP contribution in [0.4, 0.5) is 41.2 Å². The van der Waals surface area contributed by atoms with Crippen molar-refractivity contribution in [3.8, 4) is 11.6 Å². The summed E-state index contributed by atoms with van der Waals surface area (Å²) in [6.45, 7) is 13.0. The second kappa shape index (κ2) is 13.7. The molecule has 0 fully saturated rings. The summed E-state index contributed by atoms with van der Waals surface area (Å²) in [5, 5.41) is 19.4. The molecule has 2 aromatic heterocycles. The first-order chi connectivity index (χ1) is 20.7. The molecule has 0 aliphatic heterocycles. The van der Waals surface area contributed by atoms with Crippen LogP contribution in [0, 0.1) is 12.7 Å². The third kappa shape index (κ3) is 8.44. The second-order valence-corrected chi connectivity index (χ2v) is 10.3. The number of nitrogens with zero attached hydrogens (tertiary/aromatic N) is 3. The lowest BCUT2D eigenvalue weighted by Crippen LogP contribution is -2.44. The molecule has 45 heavy (non-hydrogen) atoms. The average Bonchev–Trinajstić information content (AvgIpc) is 3.42. The van der Waals surface area contributed by atoms with Crippen molar-refractivity contribution in [1.29, 1.82) is 0 Å². The largest absolute Gasteiger partial charge is 0.444 e. The number of aliphatic hydroxyl groups is 1. The zero-order valence-electron chi connectivity index (χ0n) is 25.1. The van der Waals surface area contributed by atoms with Crippen molar-refractivity contribution in [2.24, 2.45) is 0 Å². The van der Waals surface area contributed by atoms with Crippen LogP contribution in [0.2, 0.25) is 0 Å². The van der Waals surface area contributed by atoms with Gasteiger partial charge in [-0.25, -0.2) is 14.2 Å². The summed E-state index contributed by atoms with van der Waals surface area (Å²) in [7, 11) is 0. The molecule has 2 N–H and O–H groups in total. The Labute approximate surface area is 253 Å². The molecular weight excluding hydrogens is 617 g/mol. The van der Waals surface area contributed by atoms with Crippen molar-refractivity contribution in [3.05, 3.63) is 71.0 Å². The van der Waals surface area contributed by atoms with Crippen molar-refractivity contribution < 1.29 is 54.6 Å². The molecule has 0 radical (unpaired) electrons. The Bertz CT molecular complexity index is 1550. The van der Waals surface area contributed by atoms with E-state index in [-0.39, 0.29) is 12.0 Å². The zero-order chi connectivity index (χ0) is 34.5. The number of hydrogen-bond acceptors (Lipinski definition) is 8. The van der Waals surface area contributed by atoms with E-state index in [1.165, 1.54) is 33.8 Å². The van der Waals surface area contributed by atoms with Crippen LogP contribution >= 0.6 is 0 Å². The molecule has 9 nitrogen and oxygen atoms in total. The number of rotatable bonds is 8. The number of aromatic nitrogens is 3. The van der Waals surface area contributed by atoms with Crippen LogP contribution in [0.15, 0.2) is 41.3 Å². The van der Waals surface area contributed by atoms with Crippen molar-refractivity contribution >= 4 is 17.6 Å². The maximum absolute atomic E-state index is 14.6. The highest BCUT2D eigenvalue weighted by Crippen LogP contribution is 2.46. The van der Waals surface area contributed by atoms with E-state index in [1.54, 1.807) is 0 Å². The number of allylic oxidation sites excluding steroid dienone is 1. The minimum absolute atomic E-state index is 0.0452. The number of carbonyl (C=O) groups excluding carboxylic acids is 2. The quantitative estimate of drug-likeness (QED) is 0.143. The number of nitrogens with one attached hydrogen (secondary N) is 1.